The molecule has 6 nitrogen and oxygen atoms in total. The third kappa shape index (κ3) is 57.2. The first-order valence-electron chi connectivity index (χ1n) is 30.2. The van der Waals surface area contributed by atoms with E-state index in [9.17, 15) is 14.4 Å². The molecule has 412 valence electrons. The molecule has 0 spiro atoms. The number of allylic oxidation sites excluding steroid dienone is 16. The summed E-state index contributed by atoms with van der Waals surface area (Å²) >= 11 is 0. The predicted molar refractivity (Wildman–Crippen MR) is 311 cm³/mol. The SMILES string of the molecule is CC/C=C\C/C=C\C/C=C\C/C=C\C/C=C\C/C=C\CCC(=O)OC(COC(=O)CCCCCCC/C=C\CCC)COC(=O)CCCCCCCCCCCCCCC/C=C\CCCCCCCCCC. The standard InChI is InChI=1S/C66H112O6/c1-4-7-10-13-16-19-22-24-26-28-30-31-32-33-34-35-37-38-40-42-44-47-50-53-56-59-65(68)71-62-63(61-70-64(67)58-55-52-49-46-21-18-15-12-9-6-3)72-66(69)60-57-54-51-48-45-43-41-39-36-29-27-25-23-20-17-14-11-8-5-2/h8,11-12,15,17,20,25,27-28,30,36,39,43,45,51,54,63H,4-7,9-10,13-14,16,18-19,21-24,26,29,31-35,37-38,40-42,44,46-50,52-53,55-62H2,1-3H3/b11-8-,15-12-,20-17-,27-25-,30-28-,39-36-,45-43-,54-51-. The van der Waals surface area contributed by atoms with Gasteiger partial charge in [-0.2, -0.15) is 0 Å². The second kappa shape index (κ2) is 59.9. The van der Waals surface area contributed by atoms with Crippen molar-refractivity contribution < 1.29 is 28.6 Å². The molecule has 0 saturated carbocycles. The summed E-state index contributed by atoms with van der Waals surface area (Å²) in [6.07, 6.45) is 80.1. The van der Waals surface area contributed by atoms with Gasteiger partial charge in [-0.15, -0.1) is 0 Å². The third-order valence-corrected chi connectivity index (χ3v) is 12.8. The van der Waals surface area contributed by atoms with Crippen LogP contribution in [0.15, 0.2) is 97.2 Å². The maximum Gasteiger partial charge on any atom is 0.306 e. The molecule has 0 radical (unpaired) electrons. The molecule has 0 aromatic rings. The maximum atomic E-state index is 12.8. The Balaban J connectivity index is 4.33. The highest BCUT2D eigenvalue weighted by molar-refractivity contribution is 5.71. The average molecular weight is 1000 g/mol. The molecular weight excluding hydrogens is 889 g/mol. The summed E-state index contributed by atoms with van der Waals surface area (Å²) in [5.74, 6) is -1.00. The van der Waals surface area contributed by atoms with Crippen molar-refractivity contribution >= 4 is 17.9 Å². The Kier molecular flexibility index (Phi) is 56.8. The molecule has 72 heavy (non-hydrogen) atoms. The molecule has 1 atom stereocenters. The fraction of sp³-hybridized carbons (Fsp3) is 0.712. The molecule has 0 N–H and O–H groups in total. The lowest BCUT2D eigenvalue weighted by molar-refractivity contribution is -0.166. The lowest BCUT2D eigenvalue weighted by Crippen LogP contribution is -2.30. The van der Waals surface area contributed by atoms with E-state index in [0.29, 0.717) is 19.3 Å². The molecule has 0 aromatic carbocycles. The van der Waals surface area contributed by atoms with Crippen molar-refractivity contribution in [3.63, 3.8) is 0 Å². The highest BCUT2D eigenvalue weighted by Crippen LogP contribution is 2.16. The van der Waals surface area contributed by atoms with Crippen LogP contribution in [0.1, 0.15) is 284 Å². The van der Waals surface area contributed by atoms with Crippen molar-refractivity contribution in [2.24, 2.45) is 0 Å². The van der Waals surface area contributed by atoms with E-state index in [4.69, 9.17) is 14.2 Å². The van der Waals surface area contributed by atoms with Gasteiger partial charge in [-0.05, 0) is 103 Å². The number of rotatable bonds is 54. The van der Waals surface area contributed by atoms with Crippen LogP contribution >= 0.6 is 0 Å². The fourth-order valence-corrected chi connectivity index (χ4v) is 8.29. The van der Waals surface area contributed by atoms with Crippen molar-refractivity contribution in [1.82, 2.24) is 0 Å². The summed E-state index contributed by atoms with van der Waals surface area (Å²) in [5, 5.41) is 0. The molecule has 1 unspecified atom stereocenters. The van der Waals surface area contributed by atoms with Crippen LogP contribution < -0.4 is 0 Å². The zero-order valence-electron chi connectivity index (χ0n) is 47.2. The smallest absolute Gasteiger partial charge is 0.306 e. The number of hydrogen-bond acceptors (Lipinski definition) is 6. The number of unbranched alkanes of at least 4 members (excludes halogenated alkanes) is 27. The van der Waals surface area contributed by atoms with E-state index in [1.54, 1.807) is 0 Å². The quantitative estimate of drug-likeness (QED) is 0.0261. The average Bonchev–Trinajstić information content (AvgIpc) is 3.38. The maximum absolute atomic E-state index is 12.8. The van der Waals surface area contributed by atoms with Gasteiger partial charge in [0.15, 0.2) is 6.10 Å². The van der Waals surface area contributed by atoms with Crippen LogP contribution in [0.25, 0.3) is 0 Å². The topological polar surface area (TPSA) is 78.9 Å². The summed E-state index contributed by atoms with van der Waals surface area (Å²) < 4.78 is 16.8. The van der Waals surface area contributed by atoms with Crippen molar-refractivity contribution in [2.75, 3.05) is 13.2 Å². The van der Waals surface area contributed by atoms with Gasteiger partial charge in [0.25, 0.3) is 0 Å². The summed E-state index contributed by atoms with van der Waals surface area (Å²) in [4.78, 5) is 38.1. The Labute approximate surface area is 445 Å². The van der Waals surface area contributed by atoms with Crippen LogP contribution in [-0.2, 0) is 28.6 Å². The monoisotopic (exact) mass is 1000 g/mol. The van der Waals surface area contributed by atoms with Crippen LogP contribution in [0.4, 0.5) is 0 Å². The minimum Gasteiger partial charge on any atom is -0.462 e. The molecule has 0 saturated heterocycles. The zero-order chi connectivity index (χ0) is 52.2. The van der Waals surface area contributed by atoms with E-state index in [0.717, 1.165) is 96.3 Å². The molecule has 6 heteroatoms. The first-order chi connectivity index (χ1) is 35.5. The first kappa shape index (κ1) is 68.3. The number of carbonyl (C=O) groups excluding carboxylic acids is 3. The predicted octanol–water partition coefficient (Wildman–Crippen LogP) is 20.5. The molecular formula is C66H112O6. The largest absolute Gasteiger partial charge is 0.462 e. The van der Waals surface area contributed by atoms with E-state index in [1.165, 1.54) is 141 Å². The molecule has 0 aliphatic rings. The fourth-order valence-electron chi connectivity index (χ4n) is 8.29. The molecule has 0 rings (SSSR count). The molecule has 0 fully saturated rings. The Morgan fingerprint density at radius 1 is 0.292 bits per heavy atom. The minimum atomic E-state index is -0.821. The van der Waals surface area contributed by atoms with E-state index in [1.807, 2.05) is 6.08 Å². The van der Waals surface area contributed by atoms with E-state index >= 15 is 0 Å². The number of carbonyl (C=O) groups is 3. The molecule has 0 heterocycles. The van der Waals surface area contributed by atoms with Crippen LogP contribution in [-0.4, -0.2) is 37.2 Å². The van der Waals surface area contributed by atoms with Crippen molar-refractivity contribution in [1.29, 1.82) is 0 Å². The van der Waals surface area contributed by atoms with Gasteiger partial charge in [0.1, 0.15) is 13.2 Å². The van der Waals surface area contributed by atoms with E-state index < -0.39 is 12.1 Å². The normalized spacial score (nSPS) is 12.8. The van der Waals surface area contributed by atoms with Crippen LogP contribution in [0.2, 0.25) is 0 Å². The Morgan fingerprint density at radius 2 is 0.597 bits per heavy atom. The van der Waals surface area contributed by atoms with Crippen molar-refractivity contribution in [3.8, 4) is 0 Å². The third-order valence-electron chi connectivity index (χ3n) is 12.8. The first-order valence-corrected chi connectivity index (χ1v) is 30.2. The zero-order valence-corrected chi connectivity index (χ0v) is 47.2. The number of hydrogen-bond donors (Lipinski definition) is 0. The van der Waals surface area contributed by atoms with Gasteiger partial charge in [0.2, 0.25) is 0 Å². The lowest BCUT2D eigenvalue weighted by Gasteiger charge is -2.18. The van der Waals surface area contributed by atoms with Gasteiger partial charge in [-0.1, -0.05) is 259 Å². The van der Waals surface area contributed by atoms with Gasteiger partial charge in [-0.25, -0.2) is 0 Å². The Hall–Kier alpha value is -3.67. The molecule has 0 aromatic heterocycles. The minimum absolute atomic E-state index is 0.110. The lowest BCUT2D eigenvalue weighted by atomic mass is 10.0. The van der Waals surface area contributed by atoms with Crippen LogP contribution in [0.3, 0.4) is 0 Å². The number of esters is 3. The van der Waals surface area contributed by atoms with E-state index in [-0.39, 0.29) is 31.6 Å². The Morgan fingerprint density at radius 3 is 0.958 bits per heavy atom. The van der Waals surface area contributed by atoms with Gasteiger partial charge in [0.05, 0.1) is 0 Å². The van der Waals surface area contributed by atoms with Gasteiger partial charge in [-0.3, -0.25) is 14.4 Å². The van der Waals surface area contributed by atoms with Gasteiger partial charge >= 0.3 is 17.9 Å². The van der Waals surface area contributed by atoms with Crippen molar-refractivity contribution in [2.45, 2.75) is 290 Å². The van der Waals surface area contributed by atoms with Crippen molar-refractivity contribution in [3.05, 3.63) is 97.2 Å². The van der Waals surface area contributed by atoms with Gasteiger partial charge in [0, 0.05) is 19.3 Å². The summed E-state index contributed by atoms with van der Waals surface area (Å²) in [5.41, 5.74) is 0. The molecule has 0 amide bonds. The molecule has 0 bridgehead atoms. The van der Waals surface area contributed by atoms with Gasteiger partial charge < -0.3 is 14.2 Å². The number of ether oxygens (including phenoxy) is 3. The second-order valence-corrected chi connectivity index (χ2v) is 19.9. The van der Waals surface area contributed by atoms with E-state index in [2.05, 4.69) is 112 Å². The van der Waals surface area contributed by atoms with Crippen LogP contribution in [0, 0.1) is 0 Å². The summed E-state index contributed by atoms with van der Waals surface area (Å²) in [7, 11) is 0. The highest BCUT2D eigenvalue weighted by atomic mass is 16.6. The summed E-state index contributed by atoms with van der Waals surface area (Å²) in [6.45, 7) is 6.41. The van der Waals surface area contributed by atoms with Crippen LogP contribution in [0.5, 0.6) is 0 Å². The summed E-state index contributed by atoms with van der Waals surface area (Å²) in [6, 6.07) is 0. The molecule has 0 aliphatic heterocycles. The highest BCUT2D eigenvalue weighted by Gasteiger charge is 2.19. The second-order valence-electron chi connectivity index (χ2n) is 19.9. The Bertz CT molecular complexity index is 1430. The molecule has 0 aliphatic carbocycles.